The molecule has 7 nitrogen and oxygen atoms in total. The van der Waals surface area contributed by atoms with E-state index in [2.05, 4.69) is 15.5 Å². The number of anilines is 1. The van der Waals surface area contributed by atoms with Gasteiger partial charge in [-0.05, 0) is 42.5 Å². The van der Waals surface area contributed by atoms with E-state index in [4.69, 9.17) is 13.6 Å². The number of amides is 1. The van der Waals surface area contributed by atoms with E-state index in [0.717, 1.165) is 11.3 Å². The van der Waals surface area contributed by atoms with Crippen LogP contribution in [0.2, 0.25) is 0 Å². The molecule has 0 aliphatic carbocycles. The molecule has 0 atom stereocenters. The Balaban J connectivity index is 1.65. The Morgan fingerprint density at radius 3 is 2.74 bits per heavy atom. The molecule has 0 radical (unpaired) electrons. The highest BCUT2D eigenvalue weighted by molar-refractivity contribution is 6.00. The average Bonchev–Trinajstić information content (AvgIpc) is 3.25. The Bertz CT molecular complexity index is 804. The third-order valence-electron chi connectivity index (χ3n) is 2.93. The normalized spacial score (nSPS) is 10.8. The largest absolute Gasteiger partial charge is 0.497 e. The van der Waals surface area contributed by atoms with Crippen LogP contribution in [-0.2, 0) is 4.79 Å². The topological polar surface area (TPSA) is 90.4 Å². The SMILES string of the molecule is COc1ccc(-c2nnc(NC(=O)/C=C/c3ccco3)o2)cc1. The Labute approximate surface area is 131 Å². The van der Waals surface area contributed by atoms with E-state index < -0.39 is 5.91 Å². The molecule has 0 aliphatic heterocycles. The molecule has 3 aromatic rings. The lowest BCUT2D eigenvalue weighted by molar-refractivity contribution is -0.112. The van der Waals surface area contributed by atoms with Gasteiger partial charge in [0.15, 0.2) is 0 Å². The maximum absolute atomic E-state index is 11.8. The number of nitrogens with zero attached hydrogens (tertiary/aromatic N) is 2. The van der Waals surface area contributed by atoms with Crippen molar-refractivity contribution in [3.05, 3.63) is 54.5 Å². The van der Waals surface area contributed by atoms with Crippen LogP contribution in [0.15, 0.2) is 57.6 Å². The lowest BCUT2D eigenvalue weighted by Crippen LogP contribution is -2.07. The van der Waals surface area contributed by atoms with Gasteiger partial charge in [0.1, 0.15) is 11.5 Å². The summed E-state index contributed by atoms with van der Waals surface area (Å²) in [5.41, 5.74) is 0.727. The van der Waals surface area contributed by atoms with Crippen molar-refractivity contribution in [3.63, 3.8) is 0 Å². The first-order chi connectivity index (χ1) is 11.2. The molecule has 0 saturated carbocycles. The summed E-state index contributed by atoms with van der Waals surface area (Å²) in [5, 5.41) is 10.2. The molecule has 1 aromatic carbocycles. The van der Waals surface area contributed by atoms with Crippen LogP contribution in [0, 0.1) is 0 Å². The van der Waals surface area contributed by atoms with Gasteiger partial charge in [0.05, 0.1) is 13.4 Å². The molecule has 116 valence electrons. The number of nitrogens with one attached hydrogen (secondary N) is 1. The molecule has 2 aromatic heterocycles. The molecule has 7 heteroatoms. The first-order valence-electron chi connectivity index (χ1n) is 6.75. The fourth-order valence-electron chi connectivity index (χ4n) is 1.81. The second-order valence-electron chi connectivity index (χ2n) is 4.48. The van der Waals surface area contributed by atoms with Gasteiger partial charge in [-0.3, -0.25) is 10.1 Å². The van der Waals surface area contributed by atoms with Gasteiger partial charge in [-0.1, -0.05) is 5.10 Å². The van der Waals surface area contributed by atoms with E-state index in [0.29, 0.717) is 11.7 Å². The van der Waals surface area contributed by atoms with E-state index in [9.17, 15) is 4.79 Å². The molecule has 23 heavy (non-hydrogen) atoms. The molecule has 0 saturated heterocycles. The van der Waals surface area contributed by atoms with Gasteiger partial charge in [0, 0.05) is 11.6 Å². The molecule has 0 fully saturated rings. The van der Waals surface area contributed by atoms with E-state index in [-0.39, 0.29) is 6.01 Å². The first kappa shape index (κ1) is 14.6. The second kappa shape index (κ2) is 6.61. The van der Waals surface area contributed by atoms with Crippen LogP contribution >= 0.6 is 0 Å². The van der Waals surface area contributed by atoms with Crippen molar-refractivity contribution < 1.29 is 18.4 Å². The zero-order valence-corrected chi connectivity index (χ0v) is 12.2. The van der Waals surface area contributed by atoms with Crippen molar-refractivity contribution in [2.75, 3.05) is 12.4 Å². The second-order valence-corrected chi connectivity index (χ2v) is 4.48. The quantitative estimate of drug-likeness (QED) is 0.728. The van der Waals surface area contributed by atoms with Gasteiger partial charge in [0.2, 0.25) is 5.89 Å². The number of carbonyl (C=O) groups excluding carboxylic acids is 1. The monoisotopic (exact) mass is 311 g/mol. The van der Waals surface area contributed by atoms with Crippen molar-refractivity contribution in [2.45, 2.75) is 0 Å². The summed E-state index contributed by atoms with van der Waals surface area (Å²) in [7, 11) is 1.59. The molecule has 0 bridgehead atoms. The smallest absolute Gasteiger partial charge is 0.322 e. The fourth-order valence-corrected chi connectivity index (χ4v) is 1.81. The molecule has 2 heterocycles. The van der Waals surface area contributed by atoms with Gasteiger partial charge in [-0.25, -0.2) is 0 Å². The Morgan fingerprint density at radius 1 is 1.22 bits per heavy atom. The number of rotatable bonds is 5. The maximum atomic E-state index is 11.8. The standard InChI is InChI=1S/C16H13N3O4/c1-21-12-6-4-11(5-7-12)15-18-19-16(23-15)17-14(20)9-8-13-3-2-10-22-13/h2-10H,1H3,(H,17,19,20)/b9-8+. The first-order valence-corrected chi connectivity index (χ1v) is 6.75. The highest BCUT2D eigenvalue weighted by Crippen LogP contribution is 2.22. The number of furan rings is 1. The minimum absolute atomic E-state index is 0.0184. The number of benzene rings is 1. The van der Waals surface area contributed by atoms with Crippen molar-refractivity contribution in [2.24, 2.45) is 0 Å². The zero-order chi connectivity index (χ0) is 16.1. The lowest BCUT2D eigenvalue weighted by atomic mass is 10.2. The van der Waals surface area contributed by atoms with Crippen LogP contribution in [0.25, 0.3) is 17.5 Å². The van der Waals surface area contributed by atoms with Crippen molar-refractivity contribution in [1.29, 1.82) is 0 Å². The van der Waals surface area contributed by atoms with Gasteiger partial charge in [-0.2, -0.15) is 0 Å². The molecule has 1 amide bonds. The number of methoxy groups -OCH3 is 1. The summed E-state index contributed by atoms with van der Waals surface area (Å²) < 4.78 is 15.6. The van der Waals surface area contributed by atoms with Gasteiger partial charge >= 0.3 is 6.01 Å². The number of hydrogen-bond donors (Lipinski definition) is 1. The number of ether oxygens (including phenoxy) is 1. The molecule has 0 spiro atoms. The third kappa shape index (κ3) is 3.65. The summed E-state index contributed by atoms with van der Waals surface area (Å²) in [5.74, 6) is 1.21. The summed E-state index contributed by atoms with van der Waals surface area (Å²) >= 11 is 0. The molecular weight excluding hydrogens is 298 g/mol. The van der Waals surface area contributed by atoms with Crippen molar-refractivity contribution in [3.8, 4) is 17.2 Å². The molecule has 0 unspecified atom stereocenters. The summed E-state index contributed by atoms with van der Waals surface area (Å²) in [4.78, 5) is 11.8. The van der Waals surface area contributed by atoms with E-state index in [1.165, 1.54) is 18.4 Å². The third-order valence-corrected chi connectivity index (χ3v) is 2.93. The van der Waals surface area contributed by atoms with E-state index in [1.54, 1.807) is 43.5 Å². The fraction of sp³-hybridized carbons (Fsp3) is 0.0625. The number of carbonyl (C=O) groups is 1. The van der Waals surface area contributed by atoms with Gasteiger partial charge in [0.25, 0.3) is 5.91 Å². The van der Waals surface area contributed by atoms with Gasteiger partial charge in [-0.15, -0.1) is 5.10 Å². The minimum Gasteiger partial charge on any atom is -0.497 e. The summed E-state index contributed by atoms with van der Waals surface area (Å²) in [6.45, 7) is 0. The zero-order valence-electron chi connectivity index (χ0n) is 12.2. The molecule has 3 rings (SSSR count). The predicted octanol–water partition coefficient (Wildman–Crippen LogP) is 2.99. The molecular formula is C16H13N3O4. The van der Waals surface area contributed by atoms with Crippen LogP contribution in [0.1, 0.15) is 5.76 Å². The minimum atomic E-state index is -0.397. The highest BCUT2D eigenvalue weighted by Gasteiger charge is 2.10. The molecule has 0 aliphatic rings. The van der Waals surface area contributed by atoms with Crippen molar-refractivity contribution >= 4 is 18.0 Å². The van der Waals surface area contributed by atoms with Crippen LogP contribution in [0.4, 0.5) is 6.01 Å². The maximum Gasteiger partial charge on any atom is 0.322 e. The highest BCUT2D eigenvalue weighted by atomic mass is 16.5. The van der Waals surface area contributed by atoms with Crippen LogP contribution in [0.3, 0.4) is 0 Å². The summed E-state index contributed by atoms with van der Waals surface area (Å²) in [6, 6.07) is 10.6. The number of aromatic nitrogens is 2. The number of hydrogen-bond acceptors (Lipinski definition) is 6. The Morgan fingerprint density at radius 2 is 2.04 bits per heavy atom. The van der Waals surface area contributed by atoms with E-state index >= 15 is 0 Å². The Hall–Kier alpha value is -3.35. The average molecular weight is 311 g/mol. The van der Waals surface area contributed by atoms with E-state index in [1.807, 2.05) is 0 Å². The Kier molecular flexibility index (Phi) is 4.19. The summed E-state index contributed by atoms with van der Waals surface area (Å²) in [6.07, 6.45) is 4.38. The van der Waals surface area contributed by atoms with Crippen LogP contribution in [-0.4, -0.2) is 23.2 Å². The van der Waals surface area contributed by atoms with Gasteiger partial charge < -0.3 is 13.6 Å². The molecule has 1 N–H and O–H groups in total. The van der Waals surface area contributed by atoms with Crippen LogP contribution in [0.5, 0.6) is 5.75 Å². The lowest BCUT2D eigenvalue weighted by Gasteiger charge is -1.99. The predicted molar refractivity (Wildman–Crippen MR) is 82.7 cm³/mol. The van der Waals surface area contributed by atoms with Crippen molar-refractivity contribution in [1.82, 2.24) is 10.2 Å². The van der Waals surface area contributed by atoms with Crippen LogP contribution < -0.4 is 10.1 Å².